The maximum atomic E-state index is 4.80. The van der Waals surface area contributed by atoms with E-state index in [1.165, 1.54) is 0 Å². The van der Waals surface area contributed by atoms with E-state index in [0.29, 0.717) is 0 Å². The second kappa shape index (κ2) is 6.12. The van der Waals surface area contributed by atoms with E-state index < -0.39 is 0 Å². The molecule has 0 fully saturated rings. The summed E-state index contributed by atoms with van der Waals surface area (Å²) < 4.78 is 3.60. The van der Waals surface area contributed by atoms with Crippen LogP contribution in [-0.2, 0) is 0 Å². The Kier molecular flexibility index (Phi) is 5.44. The SMILES string of the molecule is C#CC#CC#C[N]=[GaH]. The van der Waals surface area contributed by atoms with Crippen LogP contribution in [0.3, 0.4) is 0 Å². The summed E-state index contributed by atoms with van der Waals surface area (Å²) in [4.78, 5) is 0. The van der Waals surface area contributed by atoms with E-state index in [1.54, 1.807) is 0 Å². The summed E-state index contributed by atoms with van der Waals surface area (Å²) in [5.41, 5.74) is 0. The van der Waals surface area contributed by atoms with Gasteiger partial charge in [-0.25, -0.2) is 0 Å². The third-order valence-electron chi connectivity index (χ3n) is 0.332. The summed E-state index contributed by atoms with van der Waals surface area (Å²) in [5.74, 6) is 9.33. The Balaban J connectivity index is 3.79. The fraction of sp³-hybridized carbons (Fsp3) is 0. The molecule has 0 aromatic rings. The van der Waals surface area contributed by atoms with Crippen molar-refractivity contribution >= 4 is 18.4 Å². The number of hydrogen-bond acceptors (Lipinski definition) is 1. The van der Waals surface area contributed by atoms with Crippen molar-refractivity contribution in [3.63, 3.8) is 0 Å². The Morgan fingerprint density at radius 1 is 1.25 bits per heavy atom. The van der Waals surface area contributed by atoms with Gasteiger partial charge in [-0.05, 0) is 0 Å². The second-order valence-corrected chi connectivity index (χ2v) is 1.45. The third kappa shape index (κ3) is 5.12. The minimum absolute atomic E-state index is 0.824. The molecule has 1 nitrogen and oxygen atoms in total. The van der Waals surface area contributed by atoms with E-state index in [4.69, 9.17) is 6.42 Å². The molecule has 0 heterocycles. The maximum absolute atomic E-state index is 4.80. The van der Waals surface area contributed by atoms with Crippen LogP contribution in [0.2, 0.25) is 0 Å². The first-order valence-electron chi connectivity index (χ1n) is 1.83. The molecule has 0 aromatic carbocycles. The first kappa shape index (κ1) is 7.12. The van der Waals surface area contributed by atoms with Crippen LogP contribution in [0.15, 0.2) is 3.65 Å². The van der Waals surface area contributed by atoms with E-state index in [-0.39, 0.29) is 0 Å². The number of nitrogens with zero attached hydrogens (tertiary/aromatic N) is 1. The fourth-order valence-corrected chi connectivity index (χ4v) is 0.301. The molecule has 0 rings (SSSR count). The van der Waals surface area contributed by atoms with Crippen LogP contribution in [0.25, 0.3) is 0 Å². The van der Waals surface area contributed by atoms with E-state index in [2.05, 4.69) is 33.4 Å². The zero-order chi connectivity index (χ0) is 6.24. The Hall–Kier alpha value is -0.884. The van der Waals surface area contributed by atoms with Crippen LogP contribution in [0.4, 0.5) is 0 Å². The summed E-state index contributed by atoms with van der Waals surface area (Å²) in [6, 6.07) is 2.44. The summed E-state index contributed by atoms with van der Waals surface area (Å²) >= 11 is 0.824. The molecule has 0 unspecified atom stereocenters. The number of rotatable bonds is 0. The van der Waals surface area contributed by atoms with Gasteiger partial charge < -0.3 is 0 Å². The van der Waals surface area contributed by atoms with E-state index >= 15 is 0 Å². The van der Waals surface area contributed by atoms with Crippen LogP contribution >= 0.6 is 0 Å². The van der Waals surface area contributed by atoms with Crippen molar-refractivity contribution in [2.45, 2.75) is 0 Å². The van der Waals surface area contributed by atoms with Crippen molar-refractivity contribution in [3.8, 4) is 36.1 Å². The Morgan fingerprint density at radius 3 is 2.50 bits per heavy atom. The Bertz CT molecular complexity index is 225. The van der Waals surface area contributed by atoms with Crippen LogP contribution in [0.5, 0.6) is 0 Å². The van der Waals surface area contributed by atoms with Crippen molar-refractivity contribution in [3.05, 3.63) is 0 Å². The van der Waals surface area contributed by atoms with Crippen LogP contribution < -0.4 is 0 Å². The third-order valence-corrected chi connectivity index (χ3v) is 0.664. The van der Waals surface area contributed by atoms with Gasteiger partial charge in [-0.15, -0.1) is 0 Å². The number of terminal acetylenes is 1. The average molecular weight is 158 g/mol. The van der Waals surface area contributed by atoms with Gasteiger partial charge in [0.15, 0.2) is 0 Å². The molecule has 0 atom stereocenters. The first-order valence-corrected chi connectivity index (χ1v) is 3.16. The topological polar surface area (TPSA) is 12.4 Å². The van der Waals surface area contributed by atoms with E-state index in [0.717, 1.165) is 18.4 Å². The molecule has 0 aliphatic heterocycles. The van der Waals surface area contributed by atoms with E-state index in [1.807, 2.05) is 0 Å². The van der Waals surface area contributed by atoms with Gasteiger partial charge in [0.2, 0.25) is 0 Å². The van der Waals surface area contributed by atoms with Crippen molar-refractivity contribution in [1.82, 2.24) is 0 Å². The molecular weight excluding hydrogens is 156 g/mol. The van der Waals surface area contributed by atoms with Gasteiger partial charge in [0.05, 0.1) is 0 Å². The molecule has 34 valence electrons. The number of hydrogen-bond donors (Lipinski definition) is 0. The first-order chi connectivity index (χ1) is 3.91. The summed E-state index contributed by atoms with van der Waals surface area (Å²) in [6.45, 7) is 0. The molecule has 0 amide bonds. The standard InChI is InChI=1S/C6HN.Ga.H/c1-2-3-4-5-6-7;;/h1H;;. The van der Waals surface area contributed by atoms with Crippen LogP contribution in [0, 0.1) is 36.1 Å². The molecule has 0 N–H and O–H groups in total. The average Bonchev–Trinajstić information content (AvgIpc) is 1.81. The molecule has 0 saturated heterocycles. The summed E-state index contributed by atoms with van der Waals surface area (Å²) in [5, 5.41) is 0. The van der Waals surface area contributed by atoms with Crippen LogP contribution in [-0.4, -0.2) is 18.4 Å². The Morgan fingerprint density at radius 2 is 2.00 bits per heavy atom. The van der Waals surface area contributed by atoms with Gasteiger partial charge in [-0.1, -0.05) is 0 Å². The molecular formula is C6H2GaN. The summed E-state index contributed by atoms with van der Waals surface area (Å²) in [7, 11) is 0. The molecule has 0 bridgehead atoms. The van der Waals surface area contributed by atoms with E-state index in [9.17, 15) is 0 Å². The van der Waals surface area contributed by atoms with Crippen molar-refractivity contribution < 1.29 is 0 Å². The fourth-order valence-electron chi connectivity index (χ4n) is 0.135. The zero-order valence-corrected chi connectivity index (χ0v) is 7.20. The van der Waals surface area contributed by atoms with Gasteiger partial charge in [-0.3, -0.25) is 0 Å². The molecule has 0 aliphatic carbocycles. The van der Waals surface area contributed by atoms with Crippen molar-refractivity contribution in [1.29, 1.82) is 0 Å². The molecule has 0 aromatic heterocycles. The van der Waals surface area contributed by atoms with Crippen LogP contribution in [0.1, 0.15) is 0 Å². The predicted molar refractivity (Wildman–Crippen MR) is 34.0 cm³/mol. The Labute approximate surface area is 58.6 Å². The molecule has 0 spiro atoms. The van der Waals surface area contributed by atoms with Gasteiger partial charge in [0.1, 0.15) is 0 Å². The molecule has 0 saturated carbocycles. The predicted octanol–water partition coefficient (Wildman–Crippen LogP) is -0.332. The molecule has 2 heteroatoms. The quantitative estimate of drug-likeness (QED) is 0.338. The van der Waals surface area contributed by atoms with Crippen molar-refractivity contribution in [2.75, 3.05) is 0 Å². The molecule has 0 radical (unpaired) electrons. The van der Waals surface area contributed by atoms with Crippen molar-refractivity contribution in [2.24, 2.45) is 3.65 Å². The van der Waals surface area contributed by atoms with Gasteiger partial charge in [-0.2, -0.15) is 0 Å². The van der Waals surface area contributed by atoms with Gasteiger partial charge in [0, 0.05) is 0 Å². The zero-order valence-electron chi connectivity index (χ0n) is 4.23. The second-order valence-electron chi connectivity index (χ2n) is 0.789. The monoisotopic (exact) mass is 157 g/mol. The van der Waals surface area contributed by atoms with Gasteiger partial charge >= 0.3 is 58.2 Å². The van der Waals surface area contributed by atoms with Gasteiger partial charge in [0.25, 0.3) is 0 Å². The summed E-state index contributed by atoms with van der Waals surface area (Å²) in [6.07, 6.45) is 4.80. The molecule has 0 aliphatic rings. The minimum atomic E-state index is 0.824. The normalized spacial score (nSPS) is 3.75. The molecule has 8 heavy (non-hydrogen) atoms.